The Labute approximate surface area is 75.1 Å². The molecule has 0 heterocycles. The van der Waals surface area contributed by atoms with Crippen LogP contribution < -0.4 is 0 Å². The van der Waals surface area contributed by atoms with Crippen molar-refractivity contribution in [1.29, 1.82) is 0 Å². The summed E-state index contributed by atoms with van der Waals surface area (Å²) in [6.07, 6.45) is -6.45. The topological polar surface area (TPSA) is 0 Å². The van der Waals surface area contributed by atoms with E-state index < -0.39 is 26.1 Å². The molecule has 9 heteroatoms. The SMILES string of the molecule is C[Si](C)(F)C(F)(F)C(F)(F)C(F)(F)F. The molecular formula is C5H6F8Si. The predicted octanol–water partition coefficient (Wildman–Crippen LogP) is 3.53. The zero-order chi connectivity index (χ0) is 12.0. The van der Waals surface area contributed by atoms with Gasteiger partial charge in [-0.3, -0.25) is 0 Å². The first-order chi connectivity index (χ1) is 5.75. The first-order valence-corrected chi connectivity index (χ1v) is 6.14. The molecule has 0 amide bonds. The maximum atomic E-state index is 12.6. The van der Waals surface area contributed by atoms with Gasteiger partial charge >= 0.3 is 26.1 Å². The van der Waals surface area contributed by atoms with Gasteiger partial charge in [0.05, 0.1) is 0 Å². The van der Waals surface area contributed by atoms with Crippen LogP contribution in [0.1, 0.15) is 0 Å². The molecule has 0 aromatic carbocycles. The molecule has 0 spiro atoms. The van der Waals surface area contributed by atoms with Crippen LogP contribution >= 0.6 is 0 Å². The minimum Gasteiger partial charge on any atom is -0.307 e. The molecule has 0 aliphatic carbocycles. The van der Waals surface area contributed by atoms with Crippen LogP contribution in [0.15, 0.2) is 0 Å². The highest BCUT2D eigenvalue weighted by Gasteiger charge is 2.79. The Balaban J connectivity index is 5.30. The van der Waals surface area contributed by atoms with Crippen LogP contribution in [0.2, 0.25) is 13.1 Å². The summed E-state index contributed by atoms with van der Waals surface area (Å²) in [6, 6.07) is 0. The van der Waals surface area contributed by atoms with Crippen molar-refractivity contribution in [3.63, 3.8) is 0 Å². The van der Waals surface area contributed by atoms with Crippen LogP contribution in [0.3, 0.4) is 0 Å². The van der Waals surface area contributed by atoms with Gasteiger partial charge in [-0.15, -0.1) is 0 Å². The predicted molar refractivity (Wildman–Crippen MR) is 34.5 cm³/mol. The largest absolute Gasteiger partial charge is 0.459 e. The molecule has 0 aromatic rings. The number of hydrogen-bond donors (Lipinski definition) is 0. The van der Waals surface area contributed by atoms with E-state index in [0.29, 0.717) is 0 Å². The highest BCUT2D eigenvalue weighted by Crippen LogP contribution is 2.50. The molecule has 0 aliphatic rings. The number of alkyl halides is 7. The lowest BCUT2D eigenvalue weighted by molar-refractivity contribution is -0.336. The molecule has 86 valence electrons. The Morgan fingerprint density at radius 3 is 1.14 bits per heavy atom. The van der Waals surface area contributed by atoms with E-state index in [2.05, 4.69) is 0 Å². The Hall–Kier alpha value is -0.343. The molecular weight excluding hydrogens is 240 g/mol. The van der Waals surface area contributed by atoms with Crippen LogP contribution in [0, 0.1) is 0 Å². The third-order valence-corrected chi connectivity index (χ3v) is 3.30. The average Bonchev–Trinajstić information content (AvgIpc) is 1.81. The van der Waals surface area contributed by atoms with Crippen LogP contribution in [-0.2, 0) is 0 Å². The van der Waals surface area contributed by atoms with Crippen molar-refractivity contribution in [1.82, 2.24) is 0 Å². The maximum Gasteiger partial charge on any atom is 0.459 e. The fourth-order valence-corrected chi connectivity index (χ4v) is 1.44. The monoisotopic (exact) mass is 246 g/mol. The molecule has 0 aliphatic heterocycles. The van der Waals surface area contributed by atoms with E-state index in [1.807, 2.05) is 0 Å². The molecule has 0 unspecified atom stereocenters. The zero-order valence-corrected chi connectivity index (χ0v) is 8.02. The standard InChI is InChI=1S/C5H6F8Si/c1-14(2,13)5(11,12)3(6,7)4(8,9)10/h1-2H3. The lowest BCUT2D eigenvalue weighted by atomic mass is 10.3. The fourth-order valence-electron chi connectivity index (χ4n) is 0.551. The molecule has 0 saturated carbocycles. The highest BCUT2D eigenvalue weighted by atomic mass is 28.4. The van der Waals surface area contributed by atoms with Gasteiger partial charge in [0.25, 0.3) is 0 Å². The number of rotatable bonds is 2. The smallest absolute Gasteiger partial charge is 0.307 e. The van der Waals surface area contributed by atoms with Gasteiger partial charge < -0.3 is 4.11 Å². The van der Waals surface area contributed by atoms with Gasteiger partial charge in [-0.25, -0.2) is 8.78 Å². The van der Waals surface area contributed by atoms with Crippen molar-refractivity contribution in [2.75, 3.05) is 0 Å². The van der Waals surface area contributed by atoms with Crippen LogP contribution in [0.4, 0.5) is 34.8 Å². The van der Waals surface area contributed by atoms with E-state index in [9.17, 15) is 34.8 Å². The molecule has 0 atom stereocenters. The quantitative estimate of drug-likeness (QED) is 0.397. The van der Waals surface area contributed by atoms with Gasteiger partial charge in [0.1, 0.15) is 0 Å². The summed E-state index contributed by atoms with van der Waals surface area (Å²) in [5.41, 5.74) is -5.67. The van der Waals surface area contributed by atoms with Gasteiger partial charge in [0, 0.05) is 0 Å². The van der Waals surface area contributed by atoms with Crippen molar-refractivity contribution in [3.8, 4) is 0 Å². The van der Waals surface area contributed by atoms with Crippen molar-refractivity contribution < 1.29 is 34.8 Å². The summed E-state index contributed by atoms with van der Waals surface area (Å²) in [7, 11) is -5.43. The maximum absolute atomic E-state index is 12.6. The minimum atomic E-state index is -6.45. The summed E-state index contributed by atoms with van der Waals surface area (Å²) in [5.74, 6) is -6.33. The number of hydrogen-bond acceptors (Lipinski definition) is 0. The van der Waals surface area contributed by atoms with E-state index in [1.165, 1.54) is 0 Å². The lowest BCUT2D eigenvalue weighted by Gasteiger charge is -2.32. The molecule has 0 N–H and O–H groups in total. The summed E-state index contributed by atoms with van der Waals surface area (Å²) in [6.45, 7) is 0.180. The van der Waals surface area contributed by atoms with Crippen molar-refractivity contribution in [2.45, 2.75) is 30.7 Å². The second kappa shape index (κ2) is 3.07. The van der Waals surface area contributed by atoms with Crippen LogP contribution in [0.25, 0.3) is 0 Å². The second-order valence-corrected chi connectivity index (χ2v) is 6.69. The molecule has 0 saturated heterocycles. The van der Waals surface area contributed by atoms with E-state index in [1.54, 1.807) is 0 Å². The van der Waals surface area contributed by atoms with Crippen LogP contribution in [0.5, 0.6) is 0 Å². The Morgan fingerprint density at radius 2 is 1.07 bits per heavy atom. The second-order valence-electron chi connectivity index (χ2n) is 3.12. The van der Waals surface area contributed by atoms with E-state index in [4.69, 9.17) is 0 Å². The Bertz CT molecular complexity index is 187. The highest BCUT2D eigenvalue weighted by molar-refractivity contribution is 6.73. The Morgan fingerprint density at radius 1 is 0.786 bits per heavy atom. The van der Waals surface area contributed by atoms with E-state index in [-0.39, 0.29) is 13.1 Å². The Kier molecular flexibility index (Phi) is 3.00. The van der Waals surface area contributed by atoms with Crippen molar-refractivity contribution in [2.24, 2.45) is 0 Å². The lowest BCUT2D eigenvalue weighted by Crippen LogP contribution is -2.62. The minimum absolute atomic E-state index is 0.0899. The molecule has 0 bridgehead atoms. The molecule has 0 radical (unpaired) electrons. The number of halogens is 8. The summed E-state index contributed by atoms with van der Waals surface area (Å²) >= 11 is 0. The van der Waals surface area contributed by atoms with Gasteiger partial charge in [0.2, 0.25) is 0 Å². The van der Waals surface area contributed by atoms with Gasteiger partial charge in [-0.05, 0) is 13.1 Å². The summed E-state index contributed by atoms with van der Waals surface area (Å²) < 4.78 is 96.1. The molecule has 0 aromatic heterocycles. The van der Waals surface area contributed by atoms with Crippen molar-refractivity contribution >= 4 is 8.41 Å². The third-order valence-electron chi connectivity index (χ3n) is 1.50. The van der Waals surface area contributed by atoms with Gasteiger partial charge in [-0.2, -0.15) is 22.0 Å². The summed E-state index contributed by atoms with van der Waals surface area (Å²) in [4.78, 5) is 0. The zero-order valence-electron chi connectivity index (χ0n) is 7.02. The first-order valence-electron chi connectivity index (χ1n) is 3.26. The van der Waals surface area contributed by atoms with Crippen molar-refractivity contribution in [3.05, 3.63) is 0 Å². The molecule has 0 rings (SSSR count). The molecule has 0 nitrogen and oxygen atoms in total. The fraction of sp³-hybridized carbons (Fsp3) is 1.00. The summed E-state index contributed by atoms with van der Waals surface area (Å²) in [5, 5.41) is 0. The van der Waals surface area contributed by atoms with Gasteiger partial charge in [-0.1, -0.05) is 0 Å². The average molecular weight is 246 g/mol. The molecule has 14 heavy (non-hydrogen) atoms. The van der Waals surface area contributed by atoms with Gasteiger partial charge in [0.15, 0.2) is 0 Å². The third kappa shape index (κ3) is 1.86. The molecule has 0 fully saturated rings. The van der Waals surface area contributed by atoms with E-state index >= 15 is 0 Å². The van der Waals surface area contributed by atoms with E-state index in [0.717, 1.165) is 0 Å². The first kappa shape index (κ1) is 13.7. The van der Waals surface area contributed by atoms with Crippen LogP contribution in [-0.4, -0.2) is 26.1 Å². The normalized spacial score (nSPS) is 15.9.